The van der Waals surface area contributed by atoms with Gasteiger partial charge in [-0.25, -0.2) is 0 Å². The van der Waals surface area contributed by atoms with Gasteiger partial charge in [-0.2, -0.15) is 0 Å². The van der Waals surface area contributed by atoms with Crippen molar-refractivity contribution in [3.8, 4) is 0 Å². The Balaban J connectivity index is 2.68. The summed E-state index contributed by atoms with van der Waals surface area (Å²) in [6.07, 6.45) is 2.83. The van der Waals surface area contributed by atoms with Crippen LogP contribution in [0, 0.1) is 22.7 Å². The minimum Gasteiger partial charge on any atom is -0.0648 e. The van der Waals surface area contributed by atoms with Gasteiger partial charge < -0.3 is 0 Å². The van der Waals surface area contributed by atoms with E-state index < -0.39 is 0 Å². The molecule has 0 bridgehead atoms. The summed E-state index contributed by atoms with van der Waals surface area (Å²) in [5.41, 5.74) is 1.22. The van der Waals surface area contributed by atoms with Crippen molar-refractivity contribution in [2.75, 3.05) is 0 Å². The number of hydrogen-bond acceptors (Lipinski definition) is 0. The van der Waals surface area contributed by atoms with Crippen molar-refractivity contribution in [2.24, 2.45) is 22.7 Å². The first-order valence-corrected chi connectivity index (χ1v) is 5.34. The van der Waals surface area contributed by atoms with Gasteiger partial charge in [0.25, 0.3) is 0 Å². The summed E-state index contributed by atoms with van der Waals surface area (Å²) >= 11 is 0. The zero-order valence-corrected chi connectivity index (χ0v) is 9.57. The largest absolute Gasteiger partial charge is 0.0648 e. The van der Waals surface area contributed by atoms with Crippen molar-refractivity contribution < 1.29 is 0 Å². The van der Waals surface area contributed by atoms with Gasteiger partial charge in [-0.05, 0) is 35.5 Å². The Morgan fingerprint density at radius 1 is 1.33 bits per heavy atom. The fourth-order valence-corrected chi connectivity index (χ4v) is 2.93. The van der Waals surface area contributed by atoms with E-state index in [1.165, 1.54) is 12.8 Å². The van der Waals surface area contributed by atoms with Crippen molar-refractivity contribution in [1.29, 1.82) is 0 Å². The minimum atomic E-state index is 0.528. The van der Waals surface area contributed by atoms with Crippen LogP contribution >= 0.6 is 0 Å². The maximum atomic E-state index is 2.39. The Labute approximate surface area is 77.7 Å². The molecule has 0 aromatic rings. The van der Waals surface area contributed by atoms with Crippen LogP contribution in [0.2, 0.25) is 0 Å². The molecule has 2 unspecified atom stereocenters. The molecule has 0 amide bonds. The lowest BCUT2D eigenvalue weighted by atomic mass is 9.78. The van der Waals surface area contributed by atoms with Crippen molar-refractivity contribution in [3.63, 3.8) is 0 Å². The molecule has 0 aromatic heterocycles. The molecule has 0 saturated heterocycles. The summed E-state index contributed by atoms with van der Waals surface area (Å²) in [4.78, 5) is 0. The average molecular weight is 168 g/mol. The van der Waals surface area contributed by atoms with E-state index in [9.17, 15) is 0 Å². The summed E-state index contributed by atoms with van der Waals surface area (Å²) in [5, 5.41) is 0. The molecule has 0 N–H and O–H groups in total. The Morgan fingerprint density at radius 3 is 1.92 bits per heavy atom. The second kappa shape index (κ2) is 2.75. The van der Waals surface area contributed by atoms with Crippen LogP contribution in [0.5, 0.6) is 0 Å². The van der Waals surface area contributed by atoms with Gasteiger partial charge in [0, 0.05) is 0 Å². The van der Waals surface area contributed by atoms with Crippen LogP contribution in [0.15, 0.2) is 0 Å². The predicted octanol–water partition coefficient (Wildman–Crippen LogP) is 4.10. The van der Waals surface area contributed by atoms with Crippen LogP contribution in [0.3, 0.4) is 0 Å². The van der Waals surface area contributed by atoms with Crippen LogP contribution in [-0.4, -0.2) is 0 Å². The highest BCUT2D eigenvalue weighted by atomic mass is 14.6. The Morgan fingerprint density at radius 2 is 1.83 bits per heavy atom. The standard InChI is InChI=1S/C12H24/c1-7-12(9(2)3)8-10(12)11(4,5)6/h9-10H,7-8H2,1-6H3. The Hall–Kier alpha value is 0. The van der Waals surface area contributed by atoms with Gasteiger partial charge in [0.2, 0.25) is 0 Å². The zero-order chi connectivity index (χ0) is 9.57. The van der Waals surface area contributed by atoms with Gasteiger partial charge in [-0.3, -0.25) is 0 Å². The van der Waals surface area contributed by atoms with Crippen molar-refractivity contribution in [3.05, 3.63) is 0 Å². The van der Waals surface area contributed by atoms with Gasteiger partial charge in [-0.1, -0.05) is 41.5 Å². The first-order valence-electron chi connectivity index (χ1n) is 5.34. The minimum absolute atomic E-state index is 0.528. The van der Waals surface area contributed by atoms with Gasteiger partial charge in [0.1, 0.15) is 0 Å². The van der Waals surface area contributed by atoms with E-state index in [1.54, 1.807) is 0 Å². The molecule has 0 heteroatoms. The van der Waals surface area contributed by atoms with Crippen LogP contribution < -0.4 is 0 Å². The molecular formula is C12H24. The van der Waals surface area contributed by atoms with Crippen LogP contribution in [0.4, 0.5) is 0 Å². The number of rotatable bonds is 2. The van der Waals surface area contributed by atoms with Crippen molar-refractivity contribution in [2.45, 2.75) is 54.4 Å². The first-order chi connectivity index (χ1) is 5.34. The van der Waals surface area contributed by atoms with E-state index in [4.69, 9.17) is 0 Å². The summed E-state index contributed by atoms with van der Waals surface area (Å²) in [6.45, 7) is 14.3. The molecule has 0 aromatic carbocycles. The van der Waals surface area contributed by atoms with Gasteiger partial charge in [-0.15, -0.1) is 0 Å². The quantitative estimate of drug-likeness (QED) is 0.582. The van der Waals surface area contributed by atoms with E-state index in [1.807, 2.05) is 0 Å². The normalized spacial score (nSPS) is 35.8. The molecule has 1 saturated carbocycles. The Bertz CT molecular complexity index is 161. The van der Waals surface area contributed by atoms with E-state index in [0.717, 1.165) is 11.8 Å². The highest BCUT2D eigenvalue weighted by Crippen LogP contribution is 2.66. The van der Waals surface area contributed by atoms with Gasteiger partial charge in [0.15, 0.2) is 0 Å². The van der Waals surface area contributed by atoms with E-state index in [-0.39, 0.29) is 0 Å². The SMILES string of the molecule is CCC1(C(C)C)CC1C(C)(C)C. The predicted molar refractivity (Wildman–Crippen MR) is 55.1 cm³/mol. The molecule has 2 atom stereocenters. The highest BCUT2D eigenvalue weighted by molar-refractivity contribution is 5.07. The maximum absolute atomic E-state index is 2.39. The van der Waals surface area contributed by atoms with Gasteiger partial charge in [0.05, 0.1) is 0 Å². The maximum Gasteiger partial charge on any atom is -0.0241 e. The monoisotopic (exact) mass is 168 g/mol. The summed E-state index contributed by atoms with van der Waals surface area (Å²) in [6, 6.07) is 0. The lowest BCUT2D eigenvalue weighted by molar-refractivity contribution is 0.223. The fourth-order valence-electron chi connectivity index (χ4n) is 2.93. The summed E-state index contributed by atoms with van der Waals surface area (Å²) in [7, 11) is 0. The fraction of sp³-hybridized carbons (Fsp3) is 1.00. The van der Waals surface area contributed by atoms with E-state index in [2.05, 4.69) is 41.5 Å². The van der Waals surface area contributed by atoms with E-state index in [0.29, 0.717) is 10.8 Å². The molecule has 0 spiro atoms. The highest BCUT2D eigenvalue weighted by Gasteiger charge is 2.58. The van der Waals surface area contributed by atoms with Crippen LogP contribution in [0.1, 0.15) is 54.4 Å². The molecule has 72 valence electrons. The van der Waals surface area contributed by atoms with Crippen LogP contribution in [0.25, 0.3) is 0 Å². The molecule has 0 radical (unpaired) electrons. The molecule has 1 aliphatic carbocycles. The summed E-state index contributed by atoms with van der Waals surface area (Å²) < 4.78 is 0. The molecule has 12 heavy (non-hydrogen) atoms. The molecule has 1 fully saturated rings. The van der Waals surface area contributed by atoms with Crippen molar-refractivity contribution in [1.82, 2.24) is 0 Å². The summed E-state index contributed by atoms with van der Waals surface area (Å²) in [5.74, 6) is 1.83. The van der Waals surface area contributed by atoms with E-state index >= 15 is 0 Å². The zero-order valence-electron chi connectivity index (χ0n) is 9.57. The smallest absolute Gasteiger partial charge is 0.0241 e. The third kappa shape index (κ3) is 1.41. The third-order valence-corrected chi connectivity index (χ3v) is 3.97. The lowest BCUT2D eigenvalue weighted by Crippen LogP contribution is -2.19. The molecule has 0 nitrogen and oxygen atoms in total. The Kier molecular flexibility index (Phi) is 2.31. The number of hydrogen-bond donors (Lipinski definition) is 0. The average Bonchev–Trinajstić information content (AvgIpc) is 2.60. The second-order valence-corrected chi connectivity index (χ2v) is 5.86. The van der Waals surface area contributed by atoms with Crippen LogP contribution in [-0.2, 0) is 0 Å². The molecule has 1 rings (SSSR count). The molecule has 0 heterocycles. The molecule has 1 aliphatic rings. The first kappa shape index (κ1) is 10.1. The topological polar surface area (TPSA) is 0 Å². The molecular weight excluding hydrogens is 144 g/mol. The molecule has 0 aliphatic heterocycles. The third-order valence-electron chi connectivity index (χ3n) is 3.97. The second-order valence-electron chi connectivity index (χ2n) is 5.86. The lowest BCUT2D eigenvalue weighted by Gasteiger charge is -2.27. The van der Waals surface area contributed by atoms with Crippen molar-refractivity contribution >= 4 is 0 Å². The van der Waals surface area contributed by atoms with Gasteiger partial charge >= 0.3 is 0 Å².